The predicted octanol–water partition coefficient (Wildman–Crippen LogP) is 2.15. The molecule has 0 aromatic heterocycles. The van der Waals surface area contributed by atoms with Crippen LogP contribution < -0.4 is 5.32 Å². The van der Waals surface area contributed by atoms with Gasteiger partial charge in [0.25, 0.3) is 0 Å². The first-order chi connectivity index (χ1) is 7.74. The van der Waals surface area contributed by atoms with Gasteiger partial charge in [0.05, 0.1) is 0 Å². The molecule has 1 saturated heterocycles. The zero-order chi connectivity index (χ0) is 11.4. The first-order valence-electron chi connectivity index (χ1n) is 5.95. The molecular formula is C13H20N2O. The number of nitrogens with zero attached hydrogens (tertiary/aromatic N) is 1. The number of benzene rings is 1. The van der Waals surface area contributed by atoms with E-state index in [1.54, 1.807) is 12.1 Å². The quantitative estimate of drug-likeness (QED) is 0.766. The van der Waals surface area contributed by atoms with E-state index < -0.39 is 0 Å². The maximum Gasteiger partial charge on any atom is 0.115 e. The van der Waals surface area contributed by atoms with Crippen LogP contribution >= 0.6 is 0 Å². The van der Waals surface area contributed by atoms with Crippen LogP contribution in [-0.2, 0) is 0 Å². The van der Waals surface area contributed by atoms with Crippen LogP contribution in [0, 0.1) is 5.92 Å². The van der Waals surface area contributed by atoms with E-state index in [0.29, 0.717) is 5.75 Å². The lowest BCUT2D eigenvalue weighted by molar-refractivity contribution is 0.226. The van der Waals surface area contributed by atoms with Crippen molar-refractivity contribution in [2.24, 2.45) is 5.92 Å². The molecule has 1 heterocycles. The maximum absolute atomic E-state index is 9.17. The fourth-order valence-electron chi connectivity index (χ4n) is 2.11. The van der Waals surface area contributed by atoms with Crippen molar-refractivity contribution in [1.29, 1.82) is 0 Å². The van der Waals surface area contributed by atoms with Crippen molar-refractivity contribution < 1.29 is 5.11 Å². The van der Waals surface area contributed by atoms with Crippen molar-refractivity contribution in [2.45, 2.75) is 12.8 Å². The number of phenolic OH excluding ortho intramolecular Hbond substituents is 1. The molecule has 3 nitrogen and oxygen atoms in total. The number of likely N-dealkylation sites (tertiary alicyclic amines) is 1. The maximum atomic E-state index is 9.17. The lowest BCUT2D eigenvalue weighted by Crippen LogP contribution is -2.32. The third-order valence-corrected chi connectivity index (χ3v) is 3.30. The van der Waals surface area contributed by atoms with Gasteiger partial charge in [-0.1, -0.05) is 0 Å². The number of phenols is 1. The largest absolute Gasteiger partial charge is 0.508 e. The van der Waals surface area contributed by atoms with E-state index in [1.807, 2.05) is 12.1 Å². The SMILES string of the molecule is CN1CCC(CNc2ccc(O)cc2)CC1. The van der Waals surface area contributed by atoms with Gasteiger partial charge in [-0.15, -0.1) is 0 Å². The van der Waals surface area contributed by atoms with Gasteiger partial charge >= 0.3 is 0 Å². The van der Waals surface area contributed by atoms with Gasteiger partial charge in [-0.2, -0.15) is 0 Å². The molecule has 0 amide bonds. The van der Waals surface area contributed by atoms with Crippen LogP contribution in [-0.4, -0.2) is 36.7 Å². The van der Waals surface area contributed by atoms with E-state index in [4.69, 9.17) is 5.11 Å². The molecule has 1 aromatic carbocycles. The lowest BCUT2D eigenvalue weighted by atomic mass is 9.97. The molecule has 1 aliphatic rings. The molecule has 2 rings (SSSR count). The molecule has 0 spiro atoms. The Morgan fingerprint density at radius 3 is 2.50 bits per heavy atom. The number of hydrogen-bond donors (Lipinski definition) is 2. The molecule has 3 heteroatoms. The number of anilines is 1. The average Bonchev–Trinajstić information content (AvgIpc) is 2.30. The van der Waals surface area contributed by atoms with Crippen molar-refractivity contribution in [3.05, 3.63) is 24.3 Å². The van der Waals surface area contributed by atoms with Gasteiger partial charge in [0.15, 0.2) is 0 Å². The molecule has 1 aromatic rings. The van der Waals surface area contributed by atoms with Crippen LogP contribution in [0.25, 0.3) is 0 Å². The van der Waals surface area contributed by atoms with Crippen LogP contribution in [0.5, 0.6) is 5.75 Å². The van der Waals surface area contributed by atoms with Gasteiger partial charge in [0, 0.05) is 12.2 Å². The highest BCUT2D eigenvalue weighted by atomic mass is 16.3. The van der Waals surface area contributed by atoms with Crippen molar-refractivity contribution >= 4 is 5.69 Å². The molecule has 16 heavy (non-hydrogen) atoms. The summed E-state index contributed by atoms with van der Waals surface area (Å²) in [6.45, 7) is 3.46. The summed E-state index contributed by atoms with van der Waals surface area (Å²) in [5, 5.41) is 12.6. The summed E-state index contributed by atoms with van der Waals surface area (Å²) in [4.78, 5) is 2.39. The van der Waals surface area contributed by atoms with E-state index in [1.165, 1.54) is 25.9 Å². The topological polar surface area (TPSA) is 35.5 Å². The molecule has 0 unspecified atom stereocenters. The van der Waals surface area contributed by atoms with Gasteiger partial charge < -0.3 is 15.3 Å². The Morgan fingerprint density at radius 2 is 1.88 bits per heavy atom. The van der Waals surface area contributed by atoms with E-state index >= 15 is 0 Å². The monoisotopic (exact) mass is 220 g/mol. The zero-order valence-corrected chi connectivity index (χ0v) is 9.82. The van der Waals surface area contributed by atoms with Gasteiger partial charge in [-0.25, -0.2) is 0 Å². The fraction of sp³-hybridized carbons (Fsp3) is 0.538. The molecule has 1 fully saturated rings. The normalized spacial score (nSPS) is 18.6. The highest BCUT2D eigenvalue weighted by molar-refractivity contribution is 5.45. The van der Waals surface area contributed by atoms with E-state index in [2.05, 4.69) is 17.3 Å². The minimum Gasteiger partial charge on any atom is -0.508 e. The Hall–Kier alpha value is -1.22. The standard InChI is InChI=1S/C13H20N2O/c1-15-8-6-11(7-9-15)10-14-12-2-4-13(16)5-3-12/h2-5,11,14,16H,6-10H2,1H3. The van der Waals surface area contributed by atoms with Gasteiger partial charge in [-0.05, 0) is 63.2 Å². The van der Waals surface area contributed by atoms with Crippen molar-refractivity contribution in [2.75, 3.05) is 32.0 Å². The first kappa shape index (κ1) is 11.3. The smallest absolute Gasteiger partial charge is 0.115 e. The first-order valence-corrected chi connectivity index (χ1v) is 5.95. The Bertz CT molecular complexity index is 315. The van der Waals surface area contributed by atoms with E-state index in [9.17, 15) is 0 Å². The van der Waals surface area contributed by atoms with E-state index in [0.717, 1.165) is 18.2 Å². The summed E-state index contributed by atoms with van der Waals surface area (Å²) in [5.41, 5.74) is 1.09. The number of hydrogen-bond acceptors (Lipinski definition) is 3. The molecule has 0 aliphatic carbocycles. The molecule has 0 radical (unpaired) electrons. The summed E-state index contributed by atoms with van der Waals surface area (Å²) in [6.07, 6.45) is 2.56. The Balaban J connectivity index is 1.77. The van der Waals surface area contributed by atoms with Crippen molar-refractivity contribution in [3.8, 4) is 5.75 Å². The molecule has 0 bridgehead atoms. The summed E-state index contributed by atoms with van der Waals surface area (Å²) < 4.78 is 0. The Labute approximate surface area is 97.1 Å². The Kier molecular flexibility index (Phi) is 3.67. The highest BCUT2D eigenvalue weighted by Crippen LogP contribution is 2.18. The van der Waals surface area contributed by atoms with Gasteiger partial charge in [0.2, 0.25) is 0 Å². The molecule has 1 aliphatic heterocycles. The third kappa shape index (κ3) is 3.14. The molecular weight excluding hydrogens is 200 g/mol. The fourth-order valence-corrected chi connectivity index (χ4v) is 2.11. The van der Waals surface area contributed by atoms with Crippen LogP contribution in [0.3, 0.4) is 0 Å². The summed E-state index contributed by atoms with van der Waals surface area (Å²) >= 11 is 0. The highest BCUT2D eigenvalue weighted by Gasteiger charge is 2.15. The number of piperidine rings is 1. The Morgan fingerprint density at radius 1 is 1.25 bits per heavy atom. The van der Waals surface area contributed by atoms with Gasteiger partial charge in [0.1, 0.15) is 5.75 Å². The number of nitrogens with one attached hydrogen (secondary N) is 1. The molecule has 0 atom stereocenters. The second-order valence-corrected chi connectivity index (χ2v) is 4.67. The lowest BCUT2D eigenvalue weighted by Gasteiger charge is -2.29. The average molecular weight is 220 g/mol. The van der Waals surface area contributed by atoms with Gasteiger partial charge in [-0.3, -0.25) is 0 Å². The van der Waals surface area contributed by atoms with Crippen LogP contribution in [0.4, 0.5) is 5.69 Å². The number of aromatic hydroxyl groups is 1. The van der Waals surface area contributed by atoms with E-state index in [-0.39, 0.29) is 0 Å². The van der Waals surface area contributed by atoms with Crippen molar-refractivity contribution in [1.82, 2.24) is 4.90 Å². The summed E-state index contributed by atoms with van der Waals surface area (Å²) in [7, 11) is 2.18. The summed E-state index contributed by atoms with van der Waals surface area (Å²) in [6, 6.07) is 7.28. The van der Waals surface area contributed by atoms with Crippen molar-refractivity contribution in [3.63, 3.8) is 0 Å². The number of rotatable bonds is 3. The third-order valence-electron chi connectivity index (χ3n) is 3.30. The predicted molar refractivity (Wildman–Crippen MR) is 66.8 cm³/mol. The molecule has 0 saturated carbocycles. The minimum absolute atomic E-state index is 0.324. The zero-order valence-electron chi connectivity index (χ0n) is 9.82. The molecule has 88 valence electrons. The molecule has 2 N–H and O–H groups in total. The minimum atomic E-state index is 0.324. The van der Waals surface area contributed by atoms with Crippen LogP contribution in [0.1, 0.15) is 12.8 Å². The van der Waals surface area contributed by atoms with Crippen LogP contribution in [0.15, 0.2) is 24.3 Å². The second-order valence-electron chi connectivity index (χ2n) is 4.67. The van der Waals surface area contributed by atoms with Crippen LogP contribution in [0.2, 0.25) is 0 Å². The second kappa shape index (κ2) is 5.21. The summed E-state index contributed by atoms with van der Waals surface area (Å²) in [5.74, 6) is 1.11.